The van der Waals surface area contributed by atoms with Crippen molar-refractivity contribution in [3.05, 3.63) is 47.5 Å². The van der Waals surface area contributed by atoms with E-state index in [1.54, 1.807) is 23.1 Å². The van der Waals surface area contributed by atoms with Crippen molar-refractivity contribution < 1.29 is 23.0 Å². The molecular formula is C20H21F2N5O3. The summed E-state index contributed by atoms with van der Waals surface area (Å²) in [6.45, 7) is 0.964. The van der Waals surface area contributed by atoms with Gasteiger partial charge in [0.05, 0.1) is 19.9 Å². The van der Waals surface area contributed by atoms with E-state index in [2.05, 4.69) is 15.1 Å². The summed E-state index contributed by atoms with van der Waals surface area (Å²) in [5.41, 5.74) is 0.716. The van der Waals surface area contributed by atoms with E-state index in [0.29, 0.717) is 35.8 Å². The number of benzene rings is 1. The standard InChI is InChI=1S/C20H21F2N5O3/c1-29-16-6-5-12(8-17(16)30-2)19(28)26-7-3-4-13(10-26)15-9-14(18(21)22)25-20-23-11-24-27(15)20/h5-6,8-9,11,13,18H,3-4,7,10H2,1-2H3/t13-/m0/s1. The zero-order valence-corrected chi connectivity index (χ0v) is 16.6. The molecule has 0 unspecified atom stereocenters. The van der Waals surface area contributed by atoms with E-state index < -0.39 is 6.43 Å². The molecule has 30 heavy (non-hydrogen) atoms. The fourth-order valence-electron chi connectivity index (χ4n) is 3.81. The third-order valence-electron chi connectivity index (χ3n) is 5.28. The van der Waals surface area contributed by atoms with Crippen LogP contribution in [0, 0.1) is 0 Å². The number of halogens is 2. The molecule has 3 aromatic rings. The lowest BCUT2D eigenvalue weighted by molar-refractivity contribution is 0.0704. The normalized spacial score (nSPS) is 16.8. The number of aromatic nitrogens is 4. The van der Waals surface area contributed by atoms with Gasteiger partial charge in [-0.3, -0.25) is 4.79 Å². The minimum Gasteiger partial charge on any atom is -0.493 e. The van der Waals surface area contributed by atoms with E-state index in [9.17, 15) is 13.6 Å². The number of amides is 1. The topological polar surface area (TPSA) is 81.9 Å². The minimum absolute atomic E-state index is 0.131. The number of hydrogen-bond donors (Lipinski definition) is 0. The van der Waals surface area contributed by atoms with Gasteiger partial charge >= 0.3 is 0 Å². The maximum absolute atomic E-state index is 13.3. The Kier molecular flexibility index (Phi) is 5.47. The number of ether oxygens (including phenoxy) is 2. The molecule has 1 atom stereocenters. The molecule has 1 aliphatic heterocycles. The molecule has 1 amide bonds. The fourth-order valence-corrected chi connectivity index (χ4v) is 3.81. The van der Waals surface area contributed by atoms with Crippen LogP contribution in [0.4, 0.5) is 8.78 Å². The van der Waals surface area contributed by atoms with Gasteiger partial charge in [0.2, 0.25) is 0 Å². The van der Waals surface area contributed by atoms with Gasteiger partial charge in [-0.15, -0.1) is 0 Å². The molecule has 0 bridgehead atoms. The summed E-state index contributed by atoms with van der Waals surface area (Å²) in [6, 6.07) is 6.37. The summed E-state index contributed by atoms with van der Waals surface area (Å²) in [6.07, 6.45) is 0.0681. The molecule has 10 heteroatoms. The van der Waals surface area contributed by atoms with Crippen molar-refractivity contribution in [3.63, 3.8) is 0 Å². The second-order valence-corrected chi connectivity index (χ2v) is 7.04. The van der Waals surface area contributed by atoms with Gasteiger partial charge in [0.15, 0.2) is 11.5 Å². The quantitative estimate of drug-likeness (QED) is 0.635. The molecule has 8 nitrogen and oxygen atoms in total. The molecule has 1 saturated heterocycles. The first-order valence-electron chi connectivity index (χ1n) is 9.52. The van der Waals surface area contributed by atoms with E-state index in [1.165, 1.54) is 31.1 Å². The fraction of sp³-hybridized carbons (Fsp3) is 0.400. The van der Waals surface area contributed by atoms with Gasteiger partial charge in [0.25, 0.3) is 18.1 Å². The minimum atomic E-state index is -2.71. The lowest BCUT2D eigenvalue weighted by atomic mass is 9.93. The average Bonchev–Trinajstić information content (AvgIpc) is 3.26. The zero-order valence-electron chi connectivity index (χ0n) is 16.6. The molecule has 158 valence electrons. The highest BCUT2D eigenvalue weighted by Gasteiger charge is 2.29. The molecule has 3 heterocycles. The predicted octanol–water partition coefficient (Wildman–Crippen LogP) is 3.10. The summed E-state index contributed by atoms with van der Waals surface area (Å²) in [4.78, 5) is 22.6. The maximum atomic E-state index is 13.3. The highest BCUT2D eigenvalue weighted by Crippen LogP contribution is 2.32. The molecule has 0 saturated carbocycles. The van der Waals surface area contributed by atoms with E-state index in [1.807, 2.05) is 0 Å². The van der Waals surface area contributed by atoms with Crippen LogP contribution in [-0.2, 0) is 0 Å². The second kappa shape index (κ2) is 8.21. The lowest BCUT2D eigenvalue weighted by Crippen LogP contribution is -2.39. The number of rotatable bonds is 5. The van der Waals surface area contributed by atoms with Crippen molar-refractivity contribution in [3.8, 4) is 11.5 Å². The smallest absolute Gasteiger partial charge is 0.280 e. The number of carbonyl (C=O) groups excluding carboxylic acids is 1. The highest BCUT2D eigenvalue weighted by molar-refractivity contribution is 5.95. The Hall–Kier alpha value is -3.30. The number of methoxy groups -OCH3 is 2. The van der Waals surface area contributed by atoms with Crippen LogP contribution in [0.2, 0.25) is 0 Å². The van der Waals surface area contributed by atoms with Gasteiger partial charge < -0.3 is 14.4 Å². The second-order valence-electron chi connectivity index (χ2n) is 7.04. The summed E-state index contributed by atoms with van der Waals surface area (Å²) < 4.78 is 38.6. The van der Waals surface area contributed by atoms with Crippen LogP contribution in [0.25, 0.3) is 5.78 Å². The van der Waals surface area contributed by atoms with Crippen LogP contribution in [0.1, 0.15) is 46.9 Å². The van der Waals surface area contributed by atoms with Gasteiger partial charge in [-0.05, 0) is 37.1 Å². The van der Waals surface area contributed by atoms with Crippen LogP contribution < -0.4 is 9.47 Å². The van der Waals surface area contributed by atoms with Crippen molar-refractivity contribution in [1.82, 2.24) is 24.5 Å². The predicted molar refractivity (Wildman–Crippen MR) is 103 cm³/mol. The van der Waals surface area contributed by atoms with Crippen LogP contribution in [0.15, 0.2) is 30.6 Å². The number of nitrogens with zero attached hydrogens (tertiary/aromatic N) is 5. The molecule has 1 aromatic carbocycles. The molecule has 0 radical (unpaired) electrons. The Morgan fingerprint density at radius 1 is 1.20 bits per heavy atom. The van der Waals surface area contributed by atoms with Crippen LogP contribution >= 0.6 is 0 Å². The average molecular weight is 417 g/mol. The van der Waals surface area contributed by atoms with Crippen molar-refractivity contribution in [2.75, 3.05) is 27.3 Å². The van der Waals surface area contributed by atoms with Gasteiger partial charge in [-0.25, -0.2) is 18.3 Å². The molecule has 4 rings (SSSR count). The van der Waals surface area contributed by atoms with E-state index in [4.69, 9.17) is 9.47 Å². The Bertz CT molecular complexity index is 1070. The molecule has 0 aliphatic carbocycles. The van der Waals surface area contributed by atoms with E-state index in [0.717, 1.165) is 12.8 Å². The van der Waals surface area contributed by atoms with Crippen molar-refractivity contribution in [1.29, 1.82) is 0 Å². The Morgan fingerprint density at radius 3 is 2.73 bits per heavy atom. The number of carbonyl (C=O) groups is 1. The third kappa shape index (κ3) is 3.64. The van der Waals surface area contributed by atoms with Gasteiger partial charge in [0, 0.05) is 24.6 Å². The monoisotopic (exact) mass is 417 g/mol. The first-order valence-corrected chi connectivity index (χ1v) is 9.52. The number of hydrogen-bond acceptors (Lipinski definition) is 6. The summed E-state index contributed by atoms with van der Waals surface area (Å²) in [5, 5.41) is 4.13. The van der Waals surface area contributed by atoms with E-state index >= 15 is 0 Å². The Balaban J connectivity index is 1.62. The number of alkyl halides is 2. The van der Waals surface area contributed by atoms with E-state index in [-0.39, 0.29) is 23.3 Å². The van der Waals surface area contributed by atoms with Crippen LogP contribution in [0.3, 0.4) is 0 Å². The van der Waals surface area contributed by atoms with Crippen molar-refractivity contribution in [2.24, 2.45) is 0 Å². The Labute approximate surface area is 171 Å². The highest BCUT2D eigenvalue weighted by atomic mass is 19.3. The van der Waals surface area contributed by atoms with Gasteiger partial charge in [0.1, 0.15) is 12.0 Å². The molecule has 1 aliphatic rings. The number of piperidine rings is 1. The first-order chi connectivity index (χ1) is 14.5. The largest absolute Gasteiger partial charge is 0.493 e. The number of fused-ring (bicyclic) bond motifs is 1. The Morgan fingerprint density at radius 2 is 2.00 bits per heavy atom. The molecule has 0 spiro atoms. The van der Waals surface area contributed by atoms with Crippen molar-refractivity contribution in [2.45, 2.75) is 25.2 Å². The SMILES string of the molecule is COc1ccc(C(=O)N2CCC[C@H](c3cc(C(F)F)nc4ncnn34)C2)cc1OC. The molecule has 1 fully saturated rings. The van der Waals surface area contributed by atoms with Gasteiger partial charge in [-0.2, -0.15) is 10.1 Å². The zero-order chi connectivity index (χ0) is 21.3. The third-order valence-corrected chi connectivity index (χ3v) is 5.28. The maximum Gasteiger partial charge on any atom is 0.280 e. The lowest BCUT2D eigenvalue weighted by Gasteiger charge is -2.33. The van der Waals surface area contributed by atoms with Crippen molar-refractivity contribution >= 4 is 11.7 Å². The van der Waals surface area contributed by atoms with Crippen LogP contribution in [-0.4, -0.2) is 57.7 Å². The first kappa shape index (κ1) is 20.0. The molecular weight excluding hydrogens is 396 g/mol. The summed E-state index contributed by atoms with van der Waals surface area (Å²) in [7, 11) is 3.04. The summed E-state index contributed by atoms with van der Waals surface area (Å²) >= 11 is 0. The molecule has 0 N–H and O–H groups in total. The molecule has 2 aromatic heterocycles. The van der Waals surface area contributed by atoms with Gasteiger partial charge in [-0.1, -0.05) is 0 Å². The van der Waals surface area contributed by atoms with Crippen LogP contribution in [0.5, 0.6) is 11.5 Å². The number of likely N-dealkylation sites (tertiary alicyclic amines) is 1. The summed E-state index contributed by atoms with van der Waals surface area (Å²) in [5.74, 6) is 0.824.